The molecule has 27 heavy (non-hydrogen) atoms. The molecule has 3 aromatic rings. The van der Waals surface area contributed by atoms with Crippen molar-refractivity contribution >= 4 is 40.5 Å². The van der Waals surface area contributed by atoms with Gasteiger partial charge in [0.25, 0.3) is 0 Å². The van der Waals surface area contributed by atoms with Crippen molar-refractivity contribution in [1.82, 2.24) is 9.97 Å². The average Bonchev–Trinajstić information content (AvgIpc) is 3.06. The van der Waals surface area contributed by atoms with Crippen LogP contribution < -0.4 is 4.90 Å². The van der Waals surface area contributed by atoms with E-state index in [0.29, 0.717) is 10.7 Å². The summed E-state index contributed by atoms with van der Waals surface area (Å²) in [5.41, 5.74) is 2.97. The summed E-state index contributed by atoms with van der Waals surface area (Å²) in [6.45, 7) is 5.74. The van der Waals surface area contributed by atoms with E-state index in [1.165, 1.54) is 6.08 Å². The van der Waals surface area contributed by atoms with E-state index in [0.717, 1.165) is 41.6 Å². The zero-order valence-electron chi connectivity index (χ0n) is 15.1. The number of H-pyrrole nitrogens is 1. The summed E-state index contributed by atoms with van der Waals surface area (Å²) in [5, 5.41) is 20.4. The highest BCUT2D eigenvalue weighted by molar-refractivity contribution is 8.04. The molecule has 0 atom stereocenters. The van der Waals surface area contributed by atoms with Gasteiger partial charge in [-0.2, -0.15) is 0 Å². The fraction of sp³-hybridized carbons (Fsp3) is 0.200. The monoisotopic (exact) mass is 383 g/mol. The molecule has 0 fully saturated rings. The molecular formula is C20H21N3O3S. The number of hydrogen-bond donors (Lipinski definition) is 3. The standard InChI is InChI=1S/C20H21N3O3S/c1-3-23(4-2)14-10-9-13(17(24)12-14)11-18(19(25)26)27-20-21-15-7-5-6-8-16(15)22-20/h5-12,24H,3-4H2,1-2H3,(H,21,22)(H,25,26)/b18-11-. The molecule has 3 N–H and O–H groups in total. The quantitative estimate of drug-likeness (QED) is 0.416. The van der Waals surface area contributed by atoms with Gasteiger partial charge in [-0.15, -0.1) is 0 Å². The second kappa shape index (κ2) is 8.18. The largest absolute Gasteiger partial charge is 0.507 e. The predicted molar refractivity (Wildman–Crippen MR) is 109 cm³/mol. The van der Waals surface area contributed by atoms with E-state index < -0.39 is 5.97 Å². The Morgan fingerprint density at radius 1 is 1.22 bits per heavy atom. The van der Waals surface area contributed by atoms with Crippen LogP contribution in [0.25, 0.3) is 17.1 Å². The molecule has 3 rings (SSSR count). The van der Waals surface area contributed by atoms with Crippen LogP contribution in [-0.2, 0) is 4.79 Å². The van der Waals surface area contributed by atoms with E-state index in [1.54, 1.807) is 12.1 Å². The van der Waals surface area contributed by atoms with Crippen LogP contribution >= 0.6 is 11.8 Å². The molecule has 7 heteroatoms. The van der Waals surface area contributed by atoms with Crippen LogP contribution in [0.2, 0.25) is 0 Å². The number of aliphatic carboxylic acids is 1. The van der Waals surface area contributed by atoms with Gasteiger partial charge in [-0.1, -0.05) is 12.1 Å². The van der Waals surface area contributed by atoms with Crippen molar-refractivity contribution in [3.8, 4) is 5.75 Å². The molecule has 2 aromatic carbocycles. The van der Waals surface area contributed by atoms with Gasteiger partial charge in [0.1, 0.15) is 10.7 Å². The number of carboxylic acids is 1. The van der Waals surface area contributed by atoms with Crippen molar-refractivity contribution in [3.63, 3.8) is 0 Å². The molecule has 140 valence electrons. The zero-order chi connectivity index (χ0) is 19.4. The maximum absolute atomic E-state index is 11.7. The molecule has 0 spiro atoms. The van der Waals surface area contributed by atoms with E-state index in [9.17, 15) is 15.0 Å². The molecule has 0 aliphatic heterocycles. The number of carbonyl (C=O) groups is 1. The Morgan fingerprint density at radius 3 is 2.59 bits per heavy atom. The first-order valence-electron chi connectivity index (χ1n) is 8.67. The van der Waals surface area contributed by atoms with Crippen molar-refractivity contribution in [2.45, 2.75) is 19.0 Å². The number of para-hydroxylation sites is 2. The lowest BCUT2D eigenvalue weighted by molar-refractivity contribution is -0.131. The Morgan fingerprint density at radius 2 is 1.96 bits per heavy atom. The van der Waals surface area contributed by atoms with Gasteiger partial charge in [-0.25, -0.2) is 9.78 Å². The number of anilines is 1. The number of benzene rings is 2. The molecule has 0 radical (unpaired) electrons. The van der Waals surface area contributed by atoms with Crippen molar-refractivity contribution in [1.29, 1.82) is 0 Å². The highest BCUT2D eigenvalue weighted by Crippen LogP contribution is 2.32. The van der Waals surface area contributed by atoms with Crippen LogP contribution in [0.4, 0.5) is 5.69 Å². The van der Waals surface area contributed by atoms with Gasteiger partial charge in [0.05, 0.1) is 11.0 Å². The summed E-state index contributed by atoms with van der Waals surface area (Å²) in [7, 11) is 0. The van der Waals surface area contributed by atoms with Crippen LogP contribution in [0.5, 0.6) is 5.75 Å². The second-order valence-electron chi connectivity index (χ2n) is 5.89. The first kappa shape index (κ1) is 18.8. The maximum Gasteiger partial charge on any atom is 0.342 e. The molecular weight excluding hydrogens is 362 g/mol. The number of aromatic hydroxyl groups is 1. The maximum atomic E-state index is 11.7. The van der Waals surface area contributed by atoms with E-state index in [1.807, 2.05) is 44.2 Å². The van der Waals surface area contributed by atoms with Crippen molar-refractivity contribution in [2.24, 2.45) is 0 Å². The number of phenolic OH excluding ortho intramolecular Hbond substituents is 1. The minimum Gasteiger partial charge on any atom is -0.507 e. The van der Waals surface area contributed by atoms with Gasteiger partial charge in [-0.05, 0) is 56.0 Å². The third-order valence-corrected chi connectivity index (χ3v) is 5.11. The first-order valence-corrected chi connectivity index (χ1v) is 9.49. The molecule has 0 bridgehead atoms. The van der Waals surface area contributed by atoms with Gasteiger partial charge < -0.3 is 20.1 Å². The van der Waals surface area contributed by atoms with Gasteiger partial charge in [0, 0.05) is 30.4 Å². The van der Waals surface area contributed by atoms with Crippen molar-refractivity contribution < 1.29 is 15.0 Å². The number of fused-ring (bicyclic) bond motifs is 1. The number of phenols is 1. The lowest BCUT2D eigenvalue weighted by Crippen LogP contribution is -2.21. The van der Waals surface area contributed by atoms with Gasteiger partial charge >= 0.3 is 5.97 Å². The second-order valence-corrected chi connectivity index (χ2v) is 6.92. The molecule has 6 nitrogen and oxygen atoms in total. The Kier molecular flexibility index (Phi) is 5.71. The highest BCUT2D eigenvalue weighted by atomic mass is 32.2. The van der Waals surface area contributed by atoms with Crippen LogP contribution in [0.3, 0.4) is 0 Å². The van der Waals surface area contributed by atoms with Crippen molar-refractivity contribution in [2.75, 3.05) is 18.0 Å². The number of imidazole rings is 1. The molecule has 0 amide bonds. The topological polar surface area (TPSA) is 89.5 Å². The average molecular weight is 383 g/mol. The SMILES string of the molecule is CCN(CC)c1ccc(/C=C(\Sc2nc3ccccc3[nH]2)C(=O)O)c(O)c1. The number of hydrogen-bond acceptors (Lipinski definition) is 5. The molecule has 0 aliphatic carbocycles. The number of carboxylic acid groups (broad SMARTS) is 1. The number of nitrogens with zero attached hydrogens (tertiary/aromatic N) is 2. The predicted octanol–water partition coefficient (Wildman–Crippen LogP) is 4.33. The number of rotatable bonds is 7. The molecule has 0 saturated heterocycles. The third-order valence-electron chi connectivity index (χ3n) is 4.21. The van der Waals surface area contributed by atoms with Crippen LogP contribution in [0.1, 0.15) is 19.4 Å². The summed E-state index contributed by atoms with van der Waals surface area (Å²) >= 11 is 1.02. The van der Waals surface area contributed by atoms with Crippen LogP contribution in [0.15, 0.2) is 52.5 Å². The zero-order valence-corrected chi connectivity index (χ0v) is 16.0. The number of nitrogens with one attached hydrogen (secondary N) is 1. The van der Waals surface area contributed by atoms with Crippen LogP contribution in [-0.4, -0.2) is 39.2 Å². The Balaban J connectivity index is 1.90. The van der Waals surface area contributed by atoms with E-state index in [4.69, 9.17) is 0 Å². The highest BCUT2D eigenvalue weighted by Gasteiger charge is 2.14. The minimum atomic E-state index is -1.08. The van der Waals surface area contributed by atoms with Gasteiger partial charge in [0.2, 0.25) is 0 Å². The smallest absolute Gasteiger partial charge is 0.342 e. The fourth-order valence-corrected chi connectivity index (χ4v) is 3.58. The molecule has 1 aromatic heterocycles. The Hall–Kier alpha value is -2.93. The fourth-order valence-electron chi connectivity index (χ4n) is 2.80. The van der Waals surface area contributed by atoms with Crippen LogP contribution in [0, 0.1) is 0 Å². The Bertz CT molecular complexity index is 960. The molecule has 0 unspecified atom stereocenters. The molecule has 0 saturated carbocycles. The molecule has 1 heterocycles. The normalized spacial score (nSPS) is 11.7. The lowest BCUT2D eigenvalue weighted by atomic mass is 10.1. The van der Waals surface area contributed by atoms with Gasteiger partial charge in [0.15, 0.2) is 5.16 Å². The molecule has 0 aliphatic rings. The van der Waals surface area contributed by atoms with E-state index >= 15 is 0 Å². The van der Waals surface area contributed by atoms with Gasteiger partial charge in [-0.3, -0.25) is 0 Å². The summed E-state index contributed by atoms with van der Waals surface area (Å²) in [6, 6.07) is 12.8. The lowest BCUT2D eigenvalue weighted by Gasteiger charge is -2.21. The number of thioether (sulfide) groups is 1. The Labute approximate surface area is 161 Å². The summed E-state index contributed by atoms with van der Waals surface area (Å²) in [5.74, 6) is -1.03. The third kappa shape index (κ3) is 4.25. The van der Waals surface area contributed by atoms with E-state index in [2.05, 4.69) is 14.9 Å². The first-order chi connectivity index (χ1) is 13.0. The van der Waals surface area contributed by atoms with Crippen molar-refractivity contribution in [3.05, 3.63) is 52.9 Å². The number of aromatic nitrogens is 2. The van der Waals surface area contributed by atoms with E-state index in [-0.39, 0.29) is 10.7 Å². The summed E-state index contributed by atoms with van der Waals surface area (Å²) < 4.78 is 0. The minimum absolute atomic E-state index is 0.0448. The summed E-state index contributed by atoms with van der Waals surface area (Å²) in [6.07, 6.45) is 1.46. The summed E-state index contributed by atoms with van der Waals surface area (Å²) in [4.78, 5) is 21.3. The number of aromatic amines is 1.